The topological polar surface area (TPSA) is 47.9 Å². The van der Waals surface area contributed by atoms with E-state index in [1.54, 1.807) is 12.4 Å². The summed E-state index contributed by atoms with van der Waals surface area (Å²) in [6, 6.07) is 5.72. The van der Waals surface area contributed by atoms with E-state index in [1.165, 1.54) is 12.8 Å². The molecule has 0 aliphatic heterocycles. The molecule has 0 amide bonds. The van der Waals surface area contributed by atoms with Crippen molar-refractivity contribution in [1.29, 1.82) is 0 Å². The number of pyridine rings is 1. The second-order valence-corrected chi connectivity index (χ2v) is 2.02. The first kappa shape index (κ1) is 12.8. The molecule has 0 saturated heterocycles. The molecule has 2 nitrogen and oxygen atoms in total. The van der Waals surface area contributed by atoms with Crippen molar-refractivity contribution in [3.8, 4) is 0 Å². The molecule has 0 aliphatic carbocycles. The van der Waals surface area contributed by atoms with Gasteiger partial charge in [0.1, 0.15) is 0 Å². The average Bonchev–Trinajstić information content (AvgIpc) is 2.08. The Balaban J connectivity index is 0. The van der Waals surface area contributed by atoms with Crippen LogP contribution in [0.25, 0.3) is 0 Å². The van der Waals surface area contributed by atoms with E-state index in [1.807, 2.05) is 18.2 Å². The molecular formula is C9H18N2. The van der Waals surface area contributed by atoms with Gasteiger partial charge in [0.2, 0.25) is 0 Å². The highest BCUT2D eigenvalue weighted by Gasteiger charge is 1.58. The molecule has 0 aromatic carbocycles. The van der Waals surface area contributed by atoms with Gasteiger partial charge in [0, 0.05) is 12.4 Å². The zero-order valence-electron chi connectivity index (χ0n) is 7.46. The lowest BCUT2D eigenvalue weighted by atomic mass is 10.4. The van der Waals surface area contributed by atoms with Crippen LogP contribution >= 0.6 is 0 Å². The predicted octanol–water partition coefficient (Wildman–Crippen LogP) is 3.05. The van der Waals surface area contributed by atoms with Gasteiger partial charge in [0.05, 0.1) is 0 Å². The van der Waals surface area contributed by atoms with E-state index in [4.69, 9.17) is 0 Å². The summed E-state index contributed by atoms with van der Waals surface area (Å²) in [5.74, 6) is 0. The second-order valence-electron chi connectivity index (χ2n) is 2.02. The number of unbranched alkanes of at least 4 members (excludes halogenated alkanes) is 1. The molecule has 0 fully saturated rings. The van der Waals surface area contributed by atoms with E-state index in [9.17, 15) is 0 Å². The summed E-state index contributed by atoms with van der Waals surface area (Å²) in [5, 5.41) is 0. The smallest absolute Gasteiger partial charge is 0.0267 e. The number of nitrogens with zero attached hydrogens (tertiary/aromatic N) is 1. The molecule has 64 valence electrons. The number of hydrogen-bond donors (Lipinski definition) is 1. The lowest BCUT2D eigenvalue weighted by molar-refractivity contribution is 0.886. The highest BCUT2D eigenvalue weighted by atomic mass is 14.6. The quantitative estimate of drug-likeness (QED) is 0.675. The Morgan fingerprint density at radius 3 is 1.45 bits per heavy atom. The highest BCUT2D eigenvalue weighted by molar-refractivity contribution is 4.88. The van der Waals surface area contributed by atoms with Gasteiger partial charge < -0.3 is 6.15 Å². The molecule has 0 radical (unpaired) electrons. The van der Waals surface area contributed by atoms with Gasteiger partial charge in [-0.2, -0.15) is 0 Å². The minimum atomic E-state index is 0. The molecule has 1 aromatic heterocycles. The highest BCUT2D eigenvalue weighted by Crippen LogP contribution is 1.76. The van der Waals surface area contributed by atoms with Crippen molar-refractivity contribution >= 4 is 0 Å². The summed E-state index contributed by atoms with van der Waals surface area (Å²) in [6.07, 6.45) is 6.14. The second kappa shape index (κ2) is 11.9. The van der Waals surface area contributed by atoms with E-state index in [2.05, 4.69) is 18.8 Å². The van der Waals surface area contributed by atoms with Crippen molar-refractivity contribution in [3.63, 3.8) is 0 Å². The zero-order chi connectivity index (χ0) is 7.66. The summed E-state index contributed by atoms with van der Waals surface area (Å²) >= 11 is 0. The van der Waals surface area contributed by atoms with E-state index in [0.29, 0.717) is 0 Å². The zero-order valence-corrected chi connectivity index (χ0v) is 7.46. The number of rotatable bonds is 1. The van der Waals surface area contributed by atoms with Gasteiger partial charge in [0.25, 0.3) is 0 Å². The maximum atomic E-state index is 3.78. The van der Waals surface area contributed by atoms with Crippen LogP contribution in [0.2, 0.25) is 0 Å². The fraction of sp³-hybridized carbons (Fsp3) is 0.444. The molecular weight excluding hydrogens is 136 g/mol. The normalized spacial score (nSPS) is 7.09. The monoisotopic (exact) mass is 154 g/mol. The van der Waals surface area contributed by atoms with E-state index in [-0.39, 0.29) is 6.15 Å². The van der Waals surface area contributed by atoms with Gasteiger partial charge in [-0.1, -0.05) is 32.8 Å². The molecule has 0 spiro atoms. The van der Waals surface area contributed by atoms with Crippen molar-refractivity contribution in [3.05, 3.63) is 30.6 Å². The molecule has 1 rings (SSSR count). The van der Waals surface area contributed by atoms with Crippen molar-refractivity contribution in [2.24, 2.45) is 0 Å². The van der Waals surface area contributed by atoms with E-state index < -0.39 is 0 Å². The van der Waals surface area contributed by atoms with Crippen molar-refractivity contribution < 1.29 is 0 Å². The first-order valence-corrected chi connectivity index (χ1v) is 3.76. The summed E-state index contributed by atoms with van der Waals surface area (Å²) in [4.78, 5) is 3.78. The lowest BCUT2D eigenvalue weighted by Crippen LogP contribution is -1.58. The molecule has 3 N–H and O–H groups in total. The fourth-order valence-corrected chi connectivity index (χ4v) is 0.313. The molecule has 2 heteroatoms. The van der Waals surface area contributed by atoms with Gasteiger partial charge in [-0.3, -0.25) is 4.98 Å². The molecule has 1 aromatic rings. The predicted molar refractivity (Wildman–Crippen MR) is 49.8 cm³/mol. The Labute approximate surface area is 69.3 Å². The minimum absolute atomic E-state index is 0. The van der Waals surface area contributed by atoms with Crippen molar-refractivity contribution in [1.82, 2.24) is 11.1 Å². The first-order chi connectivity index (χ1) is 4.91. The standard InChI is InChI=1S/C5H5N.C4H10.H3N/c1-2-4-6-5-3-1;1-3-4-2;/h1-5H;3-4H2,1-2H3;1H3. The van der Waals surface area contributed by atoms with Crippen LogP contribution in [0.4, 0.5) is 0 Å². The van der Waals surface area contributed by atoms with E-state index in [0.717, 1.165) is 0 Å². The van der Waals surface area contributed by atoms with Crippen LogP contribution in [-0.4, -0.2) is 4.98 Å². The lowest BCUT2D eigenvalue weighted by Gasteiger charge is -1.70. The first-order valence-electron chi connectivity index (χ1n) is 3.76. The van der Waals surface area contributed by atoms with Gasteiger partial charge in [0.15, 0.2) is 0 Å². The van der Waals surface area contributed by atoms with Crippen LogP contribution in [-0.2, 0) is 0 Å². The molecule has 0 atom stereocenters. The minimum Gasteiger partial charge on any atom is -0.344 e. The van der Waals surface area contributed by atoms with E-state index >= 15 is 0 Å². The summed E-state index contributed by atoms with van der Waals surface area (Å²) in [6.45, 7) is 4.36. The third-order valence-corrected chi connectivity index (χ3v) is 1.07. The fourth-order valence-electron chi connectivity index (χ4n) is 0.313. The van der Waals surface area contributed by atoms with Gasteiger partial charge >= 0.3 is 0 Å². The Hall–Kier alpha value is -0.890. The van der Waals surface area contributed by atoms with Crippen LogP contribution in [0.15, 0.2) is 30.6 Å². The Bertz CT molecular complexity index is 99.5. The van der Waals surface area contributed by atoms with Crippen molar-refractivity contribution in [2.45, 2.75) is 26.7 Å². The van der Waals surface area contributed by atoms with Crippen LogP contribution in [0.3, 0.4) is 0 Å². The maximum absolute atomic E-state index is 3.78. The van der Waals surface area contributed by atoms with Gasteiger partial charge in [-0.15, -0.1) is 0 Å². The van der Waals surface area contributed by atoms with Crippen molar-refractivity contribution in [2.75, 3.05) is 0 Å². The van der Waals surface area contributed by atoms with Gasteiger partial charge in [-0.05, 0) is 12.1 Å². The molecule has 0 bridgehead atoms. The molecule has 0 aliphatic rings. The number of aromatic nitrogens is 1. The molecule has 11 heavy (non-hydrogen) atoms. The summed E-state index contributed by atoms with van der Waals surface area (Å²) in [7, 11) is 0. The summed E-state index contributed by atoms with van der Waals surface area (Å²) in [5.41, 5.74) is 0. The Morgan fingerprint density at radius 1 is 0.909 bits per heavy atom. The summed E-state index contributed by atoms with van der Waals surface area (Å²) < 4.78 is 0. The number of hydrogen-bond acceptors (Lipinski definition) is 2. The average molecular weight is 154 g/mol. The van der Waals surface area contributed by atoms with Crippen LogP contribution in [0, 0.1) is 0 Å². The van der Waals surface area contributed by atoms with Gasteiger partial charge in [-0.25, -0.2) is 0 Å². The van der Waals surface area contributed by atoms with Crippen LogP contribution < -0.4 is 6.15 Å². The Morgan fingerprint density at radius 2 is 1.36 bits per heavy atom. The molecule has 0 unspecified atom stereocenters. The third kappa shape index (κ3) is 12.3. The SMILES string of the molecule is CCCC.N.c1ccncc1. The largest absolute Gasteiger partial charge is 0.344 e. The third-order valence-electron chi connectivity index (χ3n) is 1.07. The van der Waals surface area contributed by atoms with Crippen LogP contribution in [0.5, 0.6) is 0 Å². The molecule has 0 saturated carbocycles. The maximum Gasteiger partial charge on any atom is 0.0267 e. The van der Waals surface area contributed by atoms with Crippen LogP contribution in [0.1, 0.15) is 26.7 Å². The Kier molecular flexibility index (Phi) is 13.7. The molecule has 1 heterocycles.